The van der Waals surface area contributed by atoms with Crippen LogP contribution in [0.5, 0.6) is 5.75 Å². The summed E-state index contributed by atoms with van der Waals surface area (Å²) in [4.78, 5) is 12.1. The van der Waals surface area contributed by atoms with E-state index in [9.17, 15) is 9.18 Å². The Labute approximate surface area is 128 Å². The second-order valence-electron chi connectivity index (χ2n) is 5.12. The van der Waals surface area contributed by atoms with Crippen LogP contribution in [0.4, 0.5) is 10.1 Å². The monoisotopic (exact) mass is 300 g/mol. The lowest BCUT2D eigenvalue weighted by molar-refractivity contribution is -0.127. The Morgan fingerprint density at radius 3 is 2.86 bits per heavy atom. The molecule has 2 N–H and O–H groups in total. The Morgan fingerprint density at radius 1 is 1.23 bits per heavy atom. The molecule has 3 rings (SSSR count). The van der Waals surface area contributed by atoms with Crippen LogP contribution in [0.3, 0.4) is 0 Å². The number of carbonyl (C=O) groups excluding carboxylic acids is 1. The molecule has 0 saturated carbocycles. The number of benzene rings is 2. The minimum atomic E-state index is -0.574. The molecule has 22 heavy (non-hydrogen) atoms. The van der Waals surface area contributed by atoms with Crippen LogP contribution in [0.1, 0.15) is 5.56 Å². The standard InChI is InChI=1S/C17H17FN2O2/c18-13-6-2-1-5-12(13)9-10-19-17(21)16-11-20-14-7-3-4-8-15(14)22-16/h1-8,16,20H,9-11H2,(H,19,21). The predicted octanol–water partition coefficient (Wildman–Crippen LogP) is 2.36. The highest BCUT2D eigenvalue weighted by molar-refractivity contribution is 5.83. The van der Waals surface area contributed by atoms with Crippen LogP contribution in [0.2, 0.25) is 0 Å². The van der Waals surface area contributed by atoms with Crippen LogP contribution in [-0.2, 0) is 11.2 Å². The van der Waals surface area contributed by atoms with Crippen molar-refractivity contribution in [3.63, 3.8) is 0 Å². The fourth-order valence-electron chi connectivity index (χ4n) is 2.39. The van der Waals surface area contributed by atoms with E-state index in [-0.39, 0.29) is 11.7 Å². The van der Waals surface area contributed by atoms with Crippen molar-refractivity contribution >= 4 is 11.6 Å². The third-order valence-electron chi connectivity index (χ3n) is 3.58. The zero-order chi connectivity index (χ0) is 15.4. The average Bonchev–Trinajstić information content (AvgIpc) is 2.56. The zero-order valence-electron chi connectivity index (χ0n) is 12.0. The second-order valence-corrected chi connectivity index (χ2v) is 5.12. The van der Waals surface area contributed by atoms with E-state index >= 15 is 0 Å². The van der Waals surface area contributed by atoms with Gasteiger partial charge in [-0.1, -0.05) is 30.3 Å². The quantitative estimate of drug-likeness (QED) is 0.911. The number of anilines is 1. The van der Waals surface area contributed by atoms with Crippen LogP contribution < -0.4 is 15.4 Å². The van der Waals surface area contributed by atoms with Gasteiger partial charge in [0.2, 0.25) is 0 Å². The van der Waals surface area contributed by atoms with Crippen LogP contribution in [0.25, 0.3) is 0 Å². The van der Waals surface area contributed by atoms with Crippen molar-refractivity contribution in [2.45, 2.75) is 12.5 Å². The Kier molecular flexibility index (Phi) is 4.23. The van der Waals surface area contributed by atoms with E-state index in [1.165, 1.54) is 6.07 Å². The van der Waals surface area contributed by atoms with Gasteiger partial charge in [0.15, 0.2) is 6.10 Å². The number of ether oxygens (including phenoxy) is 1. The Bertz CT molecular complexity index is 675. The van der Waals surface area contributed by atoms with Crippen molar-refractivity contribution in [3.05, 3.63) is 59.9 Å². The van der Waals surface area contributed by atoms with Gasteiger partial charge in [-0.15, -0.1) is 0 Å². The topological polar surface area (TPSA) is 50.4 Å². The van der Waals surface area contributed by atoms with Gasteiger partial charge in [0.25, 0.3) is 5.91 Å². The fourth-order valence-corrected chi connectivity index (χ4v) is 2.39. The highest BCUT2D eigenvalue weighted by Gasteiger charge is 2.25. The minimum absolute atomic E-state index is 0.196. The van der Waals surface area contributed by atoms with Crippen LogP contribution >= 0.6 is 0 Å². The van der Waals surface area contributed by atoms with Gasteiger partial charge in [-0.25, -0.2) is 4.39 Å². The summed E-state index contributed by atoms with van der Waals surface area (Å²) in [6, 6.07) is 14.1. The number of rotatable bonds is 4. The lowest BCUT2D eigenvalue weighted by atomic mass is 10.1. The summed E-state index contributed by atoms with van der Waals surface area (Å²) >= 11 is 0. The van der Waals surface area contributed by atoms with Crippen molar-refractivity contribution < 1.29 is 13.9 Å². The fraction of sp³-hybridized carbons (Fsp3) is 0.235. The number of carbonyl (C=O) groups is 1. The molecule has 0 aromatic heterocycles. The number of para-hydroxylation sites is 2. The van der Waals surface area contributed by atoms with Crippen molar-refractivity contribution in [2.24, 2.45) is 0 Å². The van der Waals surface area contributed by atoms with Crippen molar-refractivity contribution in [1.29, 1.82) is 0 Å². The van der Waals surface area contributed by atoms with Gasteiger partial charge < -0.3 is 15.4 Å². The smallest absolute Gasteiger partial charge is 0.262 e. The summed E-state index contributed by atoms with van der Waals surface area (Å²) in [5.74, 6) is 0.225. The molecule has 5 heteroatoms. The molecular formula is C17H17FN2O2. The molecule has 1 amide bonds. The first-order valence-electron chi connectivity index (χ1n) is 7.25. The number of fused-ring (bicyclic) bond motifs is 1. The first kappa shape index (κ1) is 14.4. The van der Waals surface area contributed by atoms with E-state index < -0.39 is 6.10 Å². The molecule has 0 spiro atoms. The SMILES string of the molecule is O=C(NCCc1ccccc1F)C1CNc2ccccc2O1. The van der Waals surface area contributed by atoms with Gasteiger partial charge >= 0.3 is 0 Å². The van der Waals surface area contributed by atoms with E-state index in [4.69, 9.17) is 4.74 Å². The molecule has 1 aliphatic rings. The van der Waals surface area contributed by atoms with E-state index in [0.717, 1.165) is 5.69 Å². The van der Waals surface area contributed by atoms with E-state index in [1.54, 1.807) is 18.2 Å². The molecule has 0 radical (unpaired) electrons. The molecule has 2 aromatic carbocycles. The highest BCUT2D eigenvalue weighted by atomic mass is 19.1. The average molecular weight is 300 g/mol. The summed E-state index contributed by atoms with van der Waals surface area (Å²) in [5, 5.41) is 5.95. The predicted molar refractivity (Wildman–Crippen MR) is 82.5 cm³/mol. The zero-order valence-corrected chi connectivity index (χ0v) is 12.0. The molecule has 0 fully saturated rings. The van der Waals surface area contributed by atoms with Crippen molar-refractivity contribution in [1.82, 2.24) is 5.32 Å². The Hall–Kier alpha value is -2.56. The van der Waals surface area contributed by atoms with E-state index in [2.05, 4.69) is 10.6 Å². The molecule has 1 heterocycles. The van der Waals surface area contributed by atoms with Gasteiger partial charge in [0, 0.05) is 6.54 Å². The van der Waals surface area contributed by atoms with Crippen molar-refractivity contribution in [2.75, 3.05) is 18.4 Å². The maximum atomic E-state index is 13.5. The van der Waals surface area contributed by atoms with E-state index in [1.807, 2.05) is 24.3 Å². The van der Waals surface area contributed by atoms with Crippen LogP contribution in [0, 0.1) is 5.82 Å². The second kappa shape index (κ2) is 6.47. The number of hydrogen-bond acceptors (Lipinski definition) is 3. The third kappa shape index (κ3) is 3.19. The Morgan fingerprint density at radius 2 is 2.00 bits per heavy atom. The lowest BCUT2D eigenvalue weighted by Crippen LogP contribution is -2.45. The number of halogens is 1. The van der Waals surface area contributed by atoms with Gasteiger partial charge in [-0.3, -0.25) is 4.79 Å². The summed E-state index contributed by atoms with van der Waals surface area (Å²) in [6.07, 6.45) is -0.120. The third-order valence-corrected chi connectivity index (χ3v) is 3.58. The van der Waals surface area contributed by atoms with Gasteiger partial charge in [-0.05, 0) is 30.2 Å². The molecule has 0 bridgehead atoms. The molecular weight excluding hydrogens is 283 g/mol. The van der Waals surface area contributed by atoms with Crippen LogP contribution in [0.15, 0.2) is 48.5 Å². The van der Waals surface area contributed by atoms with Crippen molar-refractivity contribution in [3.8, 4) is 5.75 Å². The molecule has 1 aliphatic heterocycles. The van der Waals surface area contributed by atoms with Gasteiger partial charge in [-0.2, -0.15) is 0 Å². The summed E-state index contributed by atoms with van der Waals surface area (Å²) in [5.41, 5.74) is 1.48. The normalized spacial score (nSPS) is 16.1. The summed E-state index contributed by atoms with van der Waals surface area (Å²) < 4.78 is 19.2. The first-order valence-corrected chi connectivity index (χ1v) is 7.25. The molecule has 1 unspecified atom stereocenters. The first-order chi connectivity index (χ1) is 10.7. The summed E-state index contributed by atoms with van der Waals surface area (Å²) in [6.45, 7) is 0.795. The number of nitrogens with one attached hydrogen (secondary N) is 2. The molecule has 4 nitrogen and oxygen atoms in total. The lowest BCUT2D eigenvalue weighted by Gasteiger charge is -2.26. The molecule has 114 valence electrons. The van der Waals surface area contributed by atoms with E-state index in [0.29, 0.717) is 30.8 Å². The summed E-state index contributed by atoms with van der Waals surface area (Å²) in [7, 11) is 0. The molecule has 0 aliphatic carbocycles. The maximum absolute atomic E-state index is 13.5. The highest BCUT2D eigenvalue weighted by Crippen LogP contribution is 2.28. The van der Waals surface area contributed by atoms with Gasteiger partial charge in [0.05, 0.1) is 12.2 Å². The number of hydrogen-bond donors (Lipinski definition) is 2. The largest absolute Gasteiger partial charge is 0.477 e. The minimum Gasteiger partial charge on any atom is -0.477 e. The number of amides is 1. The van der Waals surface area contributed by atoms with Gasteiger partial charge in [0.1, 0.15) is 11.6 Å². The van der Waals surface area contributed by atoms with Crippen LogP contribution in [-0.4, -0.2) is 25.1 Å². The molecule has 0 saturated heterocycles. The maximum Gasteiger partial charge on any atom is 0.262 e. The molecule has 1 atom stereocenters. The molecule has 2 aromatic rings. The Balaban J connectivity index is 1.52.